The molecule has 2 aromatic rings. The lowest BCUT2D eigenvalue weighted by Gasteiger charge is -2.07. The smallest absolute Gasteiger partial charge is 0.261 e. The van der Waals surface area contributed by atoms with E-state index in [0.29, 0.717) is 23.7 Å². The van der Waals surface area contributed by atoms with E-state index in [4.69, 9.17) is 16.2 Å². The predicted molar refractivity (Wildman–Crippen MR) is 82.4 cm³/mol. The maximum Gasteiger partial charge on any atom is 0.261 e. The number of halogens is 1. The highest BCUT2D eigenvalue weighted by Crippen LogP contribution is 2.42. The highest BCUT2D eigenvalue weighted by Gasteiger charge is 2.19. The zero-order valence-electron chi connectivity index (χ0n) is 11.5. The van der Waals surface area contributed by atoms with Gasteiger partial charge in [0, 0.05) is 6.54 Å². The number of nitrogen functional groups attached to an aromatic ring is 1. The summed E-state index contributed by atoms with van der Waals surface area (Å²) >= 11 is 1.16. The van der Waals surface area contributed by atoms with Crippen LogP contribution in [0.4, 0.5) is 15.1 Å². The molecule has 0 bridgehead atoms. The Balaban J connectivity index is 2.04. The minimum absolute atomic E-state index is 0.249. The lowest BCUT2D eigenvalue weighted by Crippen LogP contribution is -2.10. The van der Waals surface area contributed by atoms with Gasteiger partial charge in [0.1, 0.15) is 21.4 Å². The van der Waals surface area contributed by atoms with Crippen molar-refractivity contribution in [2.75, 3.05) is 24.7 Å². The second kappa shape index (κ2) is 6.45. The van der Waals surface area contributed by atoms with Gasteiger partial charge >= 0.3 is 0 Å². The molecule has 0 atom stereocenters. The third kappa shape index (κ3) is 3.43. The van der Waals surface area contributed by atoms with Gasteiger partial charge in [0.25, 0.3) is 5.91 Å². The van der Waals surface area contributed by atoms with Crippen LogP contribution in [0.5, 0.6) is 5.75 Å². The Bertz CT molecular complexity index is 640. The number of methoxy groups -OCH3 is 1. The molecule has 1 aromatic carbocycles. The fraction of sp³-hybridized carbons (Fsp3) is 0.214. The molecule has 0 radical (unpaired) electrons. The summed E-state index contributed by atoms with van der Waals surface area (Å²) in [6.07, 6.45) is 0.702. The van der Waals surface area contributed by atoms with Crippen LogP contribution in [0.3, 0.4) is 0 Å². The first-order valence-corrected chi connectivity index (χ1v) is 7.09. The van der Waals surface area contributed by atoms with Crippen molar-refractivity contribution < 1.29 is 13.9 Å². The average molecular weight is 309 g/mol. The van der Waals surface area contributed by atoms with Gasteiger partial charge in [-0.05, 0) is 24.1 Å². The fourth-order valence-electron chi connectivity index (χ4n) is 1.90. The van der Waals surface area contributed by atoms with Crippen LogP contribution in [0.2, 0.25) is 0 Å². The van der Waals surface area contributed by atoms with Gasteiger partial charge in [-0.3, -0.25) is 4.79 Å². The summed E-state index contributed by atoms with van der Waals surface area (Å²) in [5.41, 5.74) is 12.3. The number of thiophene rings is 1. The number of carbonyl (C=O) groups is 1. The number of primary amides is 1. The molecule has 5 N–H and O–H groups in total. The first-order valence-electron chi connectivity index (χ1n) is 6.27. The van der Waals surface area contributed by atoms with Gasteiger partial charge in [-0.1, -0.05) is 12.1 Å². The van der Waals surface area contributed by atoms with Gasteiger partial charge < -0.3 is 21.5 Å². The van der Waals surface area contributed by atoms with Crippen LogP contribution in [-0.2, 0) is 6.42 Å². The van der Waals surface area contributed by atoms with Crippen molar-refractivity contribution in [1.29, 1.82) is 0 Å². The Labute approximate surface area is 125 Å². The van der Waals surface area contributed by atoms with E-state index in [-0.39, 0.29) is 16.4 Å². The maximum atomic E-state index is 12.8. The van der Waals surface area contributed by atoms with E-state index in [9.17, 15) is 9.18 Å². The quantitative estimate of drug-likeness (QED) is 0.763. The normalized spacial score (nSPS) is 10.4. The summed E-state index contributed by atoms with van der Waals surface area (Å²) in [6, 6.07) is 6.30. The van der Waals surface area contributed by atoms with Crippen LogP contribution in [0.15, 0.2) is 24.3 Å². The zero-order chi connectivity index (χ0) is 15.4. The number of hydrogen-bond acceptors (Lipinski definition) is 5. The number of nitrogens with one attached hydrogen (secondary N) is 1. The summed E-state index contributed by atoms with van der Waals surface area (Å²) in [4.78, 5) is 11.5. The Morgan fingerprint density at radius 2 is 2.05 bits per heavy atom. The summed E-state index contributed by atoms with van der Waals surface area (Å²) in [5.74, 6) is -0.416. The van der Waals surface area contributed by atoms with Crippen molar-refractivity contribution >= 4 is 27.9 Å². The third-order valence-corrected chi connectivity index (χ3v) is 4.10. The van der Waals surface area contributed by atoms with Crippen molar-refractivity contribution in [2.45, 2.75) is 6.42 Å². The van der Waals surface area contributed by atoms with Crippen LogP contribution >= 0.6 is 11.3 Å². The lowest BCUT2D eigenvalue weighted by molar-refractivity contribution is 0.100. The minimum Gasteiger partial charge on any atom is -0.492 e. The fourth-order valence-corrected chi connectivity index (χ4v) is 2.87. The van der Waals surface area contributed by atoms with Crippen molar-refractivity contribution in [3.63, 3.8) is 0 Å². The van der Waals surface area contributed by atoms with Crippen LogP contribution in [0.25, 0.3) is 0 Å². The van der Waals surface area contributed by atoms with Gasteiger partial charge in [0.05, 0.1) is 7.11 Å². The molecular formula is C14H16FN3O2S. The minimum atomic E-state index is -0.581. The lowest BCUT2D eigenvalue weighted by atomic mass is 10.1. The molecule has 5 nitrogen and oxygen atoms in total. The number of amides is 1. The van der Waals surface area contributed by atoms with Gasteiger partial charge in [-0.2, -0.15) is 0 Å². The van der Waals surface area contributed by atoms with Gasteiger partial charge in [0.15, 0.2) is 5.75 Å². The van der Waals surface area contributed by atoms with Gasteiger partial charge in [0.2, 0.25) is 0 Å². The number of ether oxygens (including phenoxy) is 1. The number of rotatable bonds is 6. The number of nitrogens with two attached hydrogens (primary N) is 2. The van der Waals surface area contributed by atoms with Crippen molar-refractivity contribution in [3.05, 3.63) is 40.5 Å². The summed E-state index contributed by atoms with van der Waals surface area (Å²) in [6.45, 7) is 0.597. The van der Waals surface area contributed by atoms with E-state index < -0.39 is 5.91 Å². The molecule has 0 aliphatic heterocycles. The van der Waals surface area contributed by atoms with Crippen LogP contribution in [0, 0.1) is 5.82 Å². The summed E-state index contributed by atoms with van der Waals surface area (Å²) in [7, 11) is 1.48. The molecule has 1 heterocycles. The Morgan fingerprint density at radius 1 is 1.38 bits per heavy atom. The molecule has 1 amide bonds. The first-order chi connectivity index (χ1) is 10.0. The van der Waals surface area contributed by atoms with E-state index in [0.717, 1.165) is 16.9 Å². The van der Waals surface area contributed by atoms with E-state index in [1.165, 1.54) is 19.2 Å². The maximum absolute atomic E-state index is 12.8. The average Bonchev–Trinajstić information content (AvgIpc) is 2.77. The molecule has 0 saturated carbocycles. The highest BCUT2D eigenvalue weighted by molar-refractivity contribution is 7.19. The van der Waals surface area contributed by atoms with Crippen LogP contribution in [-0.4, -0.2) is 19.6 Å². The van der Waals surface area contributed by atoms with Crippen molar-refractivity contribution in [1.82, 2.24) is 0 Å². The highest BCUT2D eigenvalue weighted by atomic mass is 32.1. The molecule has 0 aliphatic carbocycles. The van der Waals surface area contributed by atoms with Crippen molar-refractivity contribution in [3.8, 4) is 5.75 Å². The predicted octanol–water partition coefficient (Wildman–Crippen LogP) is 2.23. The third-order valence-electron chi connectivity index (χ3n) is 2.94. The van der Waals surface area contributed by atoms with Crippen LogP contribution in [0.1, 0.15) is 15.2 Å². The molecule has 2 rings (SSSR count). The number of carbonyl (C=O) groups excluding carboxylic acids is 1. The van der Waals surface area contributed by atoms with Gasteiger partial charge in [-0.25, -0.2) is 4.39 Å². The SMILES string of the molecule is COc1c(NCCc2ccc(F)cc2)sc(C(N)=O)c1N. The molecule has 0 saturated heterocycles. The number of anilines is 2. The van der Waals surface area contributed by atoms with E-state index in [1.807, 2.05) is 0 Å². The largest absolute Gasteiger partial charge is 0.492 e. The van der Waals surface area contributed by atoms with Crippen molar-refractivity contribution in [2.24, 2.45) is 5.73 Å². The van der Waals surface area contributed by atoms with E-state index in [2.05, 4.69) is 5.32 Å². The van der Waals surface area contributed by atoms with E-state index >= 15 is 0 Å². The second-order valence-corrected chi connectivity index (χ2v) is 5.40. The zero-order valence-corrected chi connectivity index (χ0v) is 12.3. The topological polar surface area (TPSA) is 90.4 Å². The standard InChI is InChI=1S/C14H16FN3O2S/c1-20-11-10(16)12(13(17)19)21-14(11)18-7-6-8-2-4-9(15)5-3-8/h2-5,18H,6-7,16H2,1H3,(H2,17,19). The van der Waals surface area contributed by atoms with Gasteiger partial charge in [-0.15, -0.1) is 11.3 Å². The second-order valence-electron chi connectivity index (χ2n) is 4.37. The Hall–Kier alpha value is -2.28. The molecule has 0 fully saturated rings. The molecule has 21 heavy (non-hydrogen) atoms. The number of benzene rings is 1. The molecule has 0 spiro atoms. The summed E-state index contributed by atoms with van der Waals surface area (Å²) in [5, 5.41) is 3.81. The summed E-state index contributed by atoms with van der Waals surface area (Å²) < 4.78 is 18.0. The molecule has 0 unspecified atom stereocenters. The van der Waals surface area contributed by atoms with E-state index in [1.54, 1.807) is 12.1 Å². The molecule has 1 aromatic heterocycles. The molecule has 112 valence electrons. The molecule has 0 aliphatic rings. The monoisotopic (exact) mass is 309 g/mol. The van der Waals surface area contributed by atoms with Crippen LogP contribution < -0.4 is 21.5 Å². The molecule has 7 heteroatoms. The Morgan fingerprint density at radius 3 is 2.62 bits per heavy atom. The molecular weight excluding hydrogens is 293 g/mol. The Kier molecular flexibility index (Phi) is 4.64. The first kappa shape index (κ1) is 15.1. The number of hydrogen-bond donors (Lipinski definition) is 3.